The maximum absolute atomic E-state index is 5.34. The number of nitrogens with zero attached hydrogens (tertiary/aromatic N) is 3. The van der Waals surface area contributed by atoms with Gasteiger partial charge in [0.15, 0.2) is 0 Å². The topological polar surface area (TPSA) is 38.2 Å². The number of benzene rings is 1. The van der Waals surface area contributed by atoms with Gasteiger partial charge in [-0.05, 0) is 11.1 Å². The fourth-order valence-corrected chi connectivity index (χ4v) is 2.42. The number of rotatable bonds is 3. The number of aromatic nitrogens is 2. The van der Waals surface area contributed by atoms with Crippen LogP contribution in [0, 0.1) is 0 Å². The van der Waals surface area contributed by atoms with Gasteiger partial charge in [-0.2, -0.15) is 0 Å². The predicted octanol–water partition coefficient (Wildman–Crippen LogP) is 2.46. The summed E-state index contributed by atoms with van der Waals surface area (Å²) in [5.74, 6) is 1.12. The molecule has 1 atom stereocenters. The Morgan fingerprint density at radius 2 is 1.65 bits per heavy atom. The summed E-state index contributed by atoms with van der Waals surface area (Å²) >= 11 is 0. The molecule has 1 aliphatic rings. The Bertz CT molecular complexity index is 535. The molecular weight excluding hydrogens is 250 g/mol. The molecule has 1 fully saturated rings. The minimum absolute atomic E-state index is 0.315. The van der Waals surface area contributed by atoms with Gasteiger partial charge < -0.3 is 9.64 Å². The first kappa shape index (κ1) is 13.1. The van der Waals surface area contributed by atoms with Crippen molar-refractivity contribution < 1.29 is 4.74 Å². The van der Waals surface area contributed by atoms with Crippen molar-refractivity contribution >= 4 is 5.95 Å². The zero-order valence-electron chi connectivity index (χ0n) is 11.7. The van der Waals surface area contributed by atoms with Crippen LogP contribution in [0.3, 0.4) is 0 Å². The highest BCUT2D eigenvalue weighted by Gasteiger charge is 2.15. The highest BCUT2D eigenvalue weighted by Crippen LogP contribution is 2.23. The Kier molecular flexibility index (Phi) is 3.92. The summed E-state index contributed by atoms with van der Waals surface area (Å²) in [6, 6.07) is 10.4. The molecule has 104 valence electrons. The van der Waals surface area contributed by atoms with E-state index in [-0.39, 0.29) is 0 Å². The highest BCUT2D eigenvalue weighted by molar-refractivity contribution is 5.34. The first-order valence-corrected chi connectivity index (χ1v) is 7.04. The molecule has 0 radical (unpaired) electrons. The smallest absolute Gasteiger partial charge is 0.225 e. The summed E-state index contributed by atoms with van der Waals surface area (Å²) in [5, 5.41) is 0. The lowest BCUT2D eigenvalue weighted by atomic mass is 9.96. The lowest BCUT2D eigenvalue weighted by molar-refractivity contribution is 0.122. The first-order valence-electron chi connectivity index (χ1n) is 7.04. The first-order chi connectivity index (χ1) is 9.84. The molecule has 1 aromatic heterocycles. The Labute approximate surface area is 119 Å². The second kappa shape index (κ2) is 6.01. The van der Waals surface area contributed by atoms with Gasteiger partial charge in [0.05, 0.1) is 13.2 Å². The van der Waals surface area contributed by atoms with Gasteiger partial charge in [-0.1, -0.05) is 37.3 Å². The van der Waals surface area contributed by atoms with Gasteiger partial charge in [0.1, 0.15) is 0 Å². The third-order valence-electron chi connectivity index (χ3n) is 3.75. The fourth-order valence-electron chi connectivity index (χ4n) is 2.42. The average Bonchev–Trinajstić information content (AvgIpc) is 2.56. The van der Waals surface area contributed by atoms with Crippen LogP contribution < -0.4 is 4.90 Å². The quantitative estimate of drug-likeness (QED) is 0.858. The molecule has 1 aliphatic heterocycles. The van der Waals surface area contributed by atoms with Crippen LogP contribution in [0.5, 0.6) is 0 Å². The molecule has 4 nitrogen and oxygen atoms in total. The van der Waals surface area contributed by atoms with E-state index >= 15 is 0 Å². The zero-order valence-corrected chi connectivity index (χ0v) is 11.7. The Hall–Kier alpha value is -1.94. The number of anilines is 1. The molecule has 2 aromatic rings. The van der Waals surface area contributed by atoms with E-state index in [1.165, 1.54) is 5.56 Å². The highest BCUT2D eigenvalue weighted by atomic mass is 16.5. The lowest BCUT2D eigenvalue weighted by Gasteiger charge is -2.26. The summed E-state index contributed by atoms with van der Waals surface area (Å²) in [6.07, 6.45) is 3.88. The maximum atomic E-state index is 5.34. The second-order valence-electron chi connectivity index (χ2n) is 5.05. The van der Waals surface area contributed by atoms with E-state index in [9.17, 15) is 0 Å². The number of hydrogen-bond donors (Lipinski definition) is 0. The molecule has 20 heavy (non-hydrogen) atoms. The lowest BCUT2D eigenvalue weighted by Crippen LogP contribution is -2.37. The van der Waals surface area contributed by atoms with Crippen molar-refractivity contribution in [2.24, 2.45) is 0 Å². The van der Waals surface area contributed by atoms with Crippen molar-refractivity contribution in [3.63, 3.8) is 0 Å². The van der Waals surface area contributed by atoms with Gasteiger partial charge in [0.25, 0.3) is 0 Å². The van der Waals surface area contributed by atoms with Crippen molar-refractivity contribution in [3.8, 4) is 0 Å². The van der Waals surface area contributed by atoms with E-state index in [1.807, 2.05) is 18.5 Å². The van der Waals surface area contributed by atoms with E-state index in [0.29, 0.717) is 5.92 Å². The average molecular weight is 269 g/mol. The molecule has 2 heterocycles. The van der Waals surface area contributed by atoms with Crippen LogP contribution in [-0.2, 0) is 4.74 Å². The summed E-state index contributed by atoms with van der Waals surface area (Å²) < 4.78 is 5.34. The second-order valence-corrected chi connectivity index (χ2v) is 5.05. The van der Waals surface area contributed by atoms with E-state index in [1.54, 1.807) is 0 Å². The molecule has 3 rings (SSSR count). The molecule has 0 N–H and O–H groups in total. The zero-order chi connectivity index (χ0) is 13.8. The predicted molar refractivity (Wildman–Crippen MR) is 79.0 cm³/mol. The Balaban J connectivity index is 1.75. The summed E-state index contributed by atoms with van der Waals surface area (Å²) in [5.41, 5.74) is 2.43. The van der Waals surface area contributed by atoms with Crippen LogP contribution >= 0.6 is 0 Å². The van der Waals surface area contributed by atoms with Gasteiger partial charge >= 0.3 is 0 Å². The van der Waals surface area contributed by atoms with Gasteiger partial charge in [0.2, 0.25) is 5.95 Å². The summed E-state index contributed by atoms with van der Waals surface area (Å²) in [6.45, 7) is 5.43. The van der Waals surface area contributed by atoms with Gasteiger partial charge in [0, 0.05) is 31.4 Å². The minimum Gasteiger partial charge on any atom is -0.378 e. The van der Waals surface area contributed by atoms with Crippen molar-refractivity contribution in [3.05, 3.63) is 53.9 Å². The number of hydrogen-bond acceptors (Lipinski definition) is 4. The van der Waals surface area contributed by atoms with E-state index in [4.69, 9.17) is 4.74 Å². The van der Waals surface area contributed by atoms with Crippen LogP contribution in [-0.4, -0.2) is 36.3 Å². The van der Waals surface area contributed by atoms with Crippen molar-refractivity contribution in [1.82, 2.24) is 9.97 Å². The molecule has 1 aromatic carbocycles. The molecule has 0 unspecified atom stereocenters. The number of ether oxygens (including phenoxy) is 1. The molecule has 0 aliphatic carbocycles. The maximum Gasteiger partial charge on any atom is 0.225 e. The van der Waals surface area contributed by atoms with Crippen LogP contribution in [0.1, 0.15) is 24.0 Å². The normalized spacial score (nSPS) is 16.9. The Morgan fingerprint density at radius 1 is 1.00 bits per heavy atom. The van der Waals surface area contributed by atoms with Gasteiger partial charge in [-0.15, -0.1) is 0 Å². The third-order valence-corrected chi connectivity index (χ3v) is 3.75. The summed E-state index contributed by atoms with van der Waals surface area (Å²) in [4.78, 5) is 11.2. The molecule has 1 saturated heterocycles. The molecule has 0 amide bonds. The summed E-state index contributed by atoms with van der Waals surface area (Å²) in [7, 11) is 0. The van der Waals surface area contributed by atoms with E-state index in [0.717, 1.165) is 37.8 Å². The SMILES string of the molecule is C[C@@H](c1ccccc1)c1cnc(N2CCOCC2)nc1. The Morgan fingerprint density at radius 3 is 2.30 bits per heavy atom. The molecule has 0 bridgehead atoms. The minimum atomic E-state index is 0.315. The number of morpholine rings is 1. The van der Waals surface area contributed by atoms with Crippen LogP contribution in [0.15, 0.2) is 42.7 Å². The molecule has 0 spiro atoms. The van der Waals surface area contributed by atoms with Gasteiger partial charge in [-0.25, -0.2) is 9.97 Å². The van der Waals surface area contributed by atoms with E-state index in [2.05, 4.69) is 46.1 Å². The van der Waals surface area contributed by atoms with Gasteiger partial charge in [-0.3, -0.25) is 0 Å². The van der Waals surface area contributed by atoms with Crippen molar-refractivity contribution in [2.75, 3.05) is 31.2 Å². The van der Waals surface area contributed by atoms with Crippen molar-refractivity contribution in [2.45, 2.75) is 12.8 Å². The van der Waals surface area contributed by atoms with Crippen LogP contribution in [0.25, 0.3) is 0 Å². The van der Waals surface area contributed by atoms with Crippen LogP contribution in [0.4, 0.5) is 5.95 Å². The fraction of sp³-hybridized carbons (Fsp3) is 0.375. The standard InChI is InChI=1S/C16H19N3O/c1-13(14-5-3-2-4-6-14)15-11-17-16(18-12-15)19-7-9-20-10-8-19/h2-6,11-13H,7-10H2,1H3/t13-/m0/s1. The van der Waals surface area contributed by atoms with E-state index < -0.39 is 0 Å². The molecule has 0 saturated carbocycles. The molecular formula is C16H19N3O. The largest absolute Gasteiger partial charge is 0.378 e. The van der Waals surface area contributed by atoms with Crippen molar-refractivity contribution in [1.29, 1.82) is 0 Å². The monoisotopic (exact) mass is 269 g/mol. The third kappa shape index (κ3) is 2.80. The molecule has 4 heteroatoms. The van der Waals surface area contributed by atoms with Crippen LogP contribution in [0.2, 0.25) is 0 Å².